The van der Waals surface area contributed by atoms with Gasteiger partial charge in [0.25, 0.3) is 0 Å². The van der Waals surface area contributed by atoms with Crippen LogP contribution in [-0.2, 0) is 11.2 Å². The fourth-order valence-electron chi connectivity index (χ4n) is 3.75. The summed E-state index contributed by atoms with van der Waals surface area (Å²) in [4.78, 5) is 16.0. The third-order valence-electron chi connectivity index (χ3n) is 5.05. The van der Waals surface area contributed by atoms with E-state index in [0.717, 1.165) is 50.3 Å². The topological polar surface area (TPSA) is 76.2 Å². The van der Waals surface area contributed by atoms with Crippen molar-refractivity contribution in [2.45, 2.75) is 64.2 Å². The van der Waals surface area contributed by atoms with E-state index in [-0.39, 0.29) is 0 Å². The van der Waals surface area contributed by atoms with E-state index >= 15 is 0 Å². The summed E-state index contributed by atoms with van der Waals surface area (Å²) in [5, 5.41) is 13.6. The number of aliphatic carboxylic acids is 1. The van der Waals surface area contributed by atoms with Crippen LogP contribution < -0.4 is 0 Å². The zero-order valence-corrected chi connectivity index (χ0v) is 12.0. The van der Waals surface area contributed by atoms with E-state index in [4.69, 9.17) is 4.52 Å². The molecule has 0 spiro atoms. The number of nitrogens with zero attached hydrogens (tertiary/aromatic N) is 2. The standard InChI is InChI=1S/C15H22N2O3/c1-10-4-5-11(8-10)13-16-12(20-17-13)9-15(14(18)19)6-2-3-7-15/h10-11H,2-9H2,1H3,(H,18,19). The lowest BCUT2D eigenvalue weighted by atomic mass is 9.83. The Morgan fingerprint density at radius 2 is 2.15 bits per heavy atom. The van der Waals surface area contributed by atoms with Crippen LogP contribution in [-0.4, -0.2) is 21.2 Å². The molecule has 0 aliphatic heterocycles. The molecule has 5 nitrogen and oxygen atoms in total. The number of rotatable bonds is 4. The highest BCUT2D eigenvalue weighted by atomic mass is 16.5. The van der Waals surface area contributed by atoms with Crippen LogP contribution in [0, 0.1) is 11.3 Å². The molecule has 2 unspecified atom stereocenters. The highest BCUT2D eigenvalue weighted by Crippen LogP contribution is 2.41. The number of hydrogen-bond acceptors (Lipinski definition) is 4. The van der Waals surface area contributed by atoms with Gasteiger partial charge in [-0.15, -0.1) is 0 Å². The molecule has 5 heteroatoms. The van der Waals surface area contributed by atoms with Crippen LogP contribution in [0.4, 0.5) is 0 Å². The molecule has 2 saturated carbocycles. The number of carboxylic acid groups (broad SMARTS) is 1. The summed E-state index contributed by atoms with van der Waals surface area (Å²) >= 11 is 0. The second-order valence-corrected chi connectivity index (χ2v) is 6.63. The molecular formula is C15H22N2O3. The lowest BCUT2D eigenvalue weighted by molar-refractivity contribution is -0.148. The van der Waals surface area contributed by atoms with Crippen molar-refractivity contribution in [3.8, 4) is 0 Å². The van der Waals surface area contributed by atoms with Gasteiger partial charge in [0, 0.05) is 12.3 Å². The van der Waals surface area contributed by atoms with Crippen LogP contribution in [0.2, 0.25) is 0 Å². The second kappa shape index (κ2) is 5.19. The molecule has 3 rings (SSSR count). The Labute approximate surface area is 118 Å². The Hall–Kier alpha value is -1.39. The zero-order chi connectivity index (χ0) is 14.2. The molecule has 1 heterocycles. The van der Waals surface area contributed by atoms with Gasteiger partial charge < -0.3 is 9.63 Å². The van der Waals surface area contributed by atoms with Crippen molar-refractivity contribution in [1.29, 1.82) is 0 Å². The van der Waals surface area contributed by atoms with Crippen LogP contribution >= 0.6 is 0 Å². The lowest BCUT2D eigenvalue weighted by Gasteiger charge is -2.21. The van der Waals surface area contributed by atoms with E-state index < -0.39 is 11.4 Å². The van der Waals surface area contributed by atoms with Crippen molar-refractivity contribution < 1.29 is 14.4 Å². The summed E-state index contributed by atoms with van der Waals surface area (Å²) in [7, 11) is 0. The quantitative estimate of drug-likeness (QED) is 0.915. The summed E-state index contributed by atoms with van der Waals surface area (Å²) in [6.45, 7) is 2.25. The minimum absolute atomic E-state index is 0.387. The van der Waals surface area contributed by atoms with E-state index in [2.05, 4.69) is 17.1 Å². The third-order valence-corrected chi connectivity index (χ3v) is 5.05. The highest BCUT2D eigenvalue weighted by molar-refractivity contribution is 5.75. The first-order valence-electron chi connectivity index (χ1n) is 7.65. The first kappa shape index (κ1) is 13.6. The van der Waals surface area contributed by atoms with E-state index in [9.17, 15) is 9.90 Å². The van der Waals surface area contributed by atoms with Gasteiger partial charge in [-0.25, -0.2) is 0 Å². The molecule has 2 atom stereocenters. The number of carboxylic acids is 1. The average molecular weight is 278 g/mol. The van der Waals surface area contributed by atoms with Gasteiger partial charge >= 0.3 is 5.97 Å². The second-order valence-electron chi connectivity index (χ2n) is 6.63. The van der Waals surface area contributed by atoms with Gasteiger partial charge in [-0.2, -0.15) is 4.98 Å². The molecule has 0 aromatic carbocycles. The van der Waals surface area contributed by atoms with Crippen molar-refractivity contribution in [2.75, 3.05) is 0 Å². The van der Waals surface area contributed by atoms with Crippen molar-refractivity contribution in [3.63, 3.8) is 0 Å². The van der Waals surface area contributed by atoms with Gasteiger partial charge in [-0.3, -0.25) is 4.79 Å². The van der Waals surface area contributed by atoms with Gasteiger partial charge in [-0.1, -0.05) is 24.9 Å². The van der Waals surface area contributed by atoms with Crippen molar-refractivity contribution in [3.05, 3.63) is 11.7 Å². The molecule has 0 bridgehead atoms. The van der Waals surface area contributed by atoms with Crippen LogP contribution in [0.25, 0.3) is 0 Å². The Kier molecular flexibility index (Phi) is 3.52. The van der Waals surface area contributed by atoms with Gasteiger partial charge in [-0.05, 0) is 38.0 Å². The molecular weight excluding hydrogens is 256 g/mol. The Morgan fingerprint density at radius 3 is 2.75 bits per heavy atom. The largest absolute Gasteiger partial charge is 0.481 e. The minimum Gasteiger partial charge on any atom is -0.481 e. The van der Waals surface area contributed by atoms with Crippen LogP contribution in [0.15, 0.2) is 4.52 Å². The average Bonchev–Trinajstić information content (AvgIpc) is 3.10. The van der Waals surface area contributed by atoms with Gasteiger partial charge in [0.05, 0.1) is 5.41 Å². The van der Waals surface area contributed by atoms with Crippen LogP contribution in [0.5, 0.6) is 0 Å². The predicted molar refractivity (Wildman–Crippen MR) is 72.3 cm³/mol. The summed E-state index contributed by atoms with van der Waals surface area (Å²) in [5.74, 6) is 1.69. The maximum atomic E-state index is 11.5. The predicted octanol–water partition coefficient (Wildman–Crippen LogP) is 3.16. The number of hydrogen-bond donors (Lipinski definition) is 1. The molecule has 0 amide bonds. The Bertz CT molecular complexity index is 491. The molecule has 1 N–H and O–H groups in total. The molecule has 2 fully saturated rings. The Morgan fingerprint density at radius 1 is 1.40 bits per heavy atom. The summed E-state index contributed by atoms with van der Waals surface area (Å²) in [5.41, 5.74) is -0.674. The van der Waals surface area contributed by atoms with E-state index in [0.29, 0.717) is 18.2 Å². The van der Waals surface area contributed by atoms with Crippen molar-refractivity contribution >= 4 is 5.97 Å². The Balaban J connectivity index is 1.72. The van der Waals surface area contributed by atoms with E-state index in [1.165, 1.54) is 6.42 Å². The first-order chi connectivity index (χ1) is 9.59. The summed E-state index contributed by atoms with van der Waals surface area (Å²) in [6.07, 6.45) is 7.24. The molecule has 0 radical (unpaired) electrons. The van der Waals surface area contributed by atoms with Crippen LogP contribution in [0.3, 0.4) is 0 Å². The third kappa shape index (κ3) is 2.45. The summed E-state index contributed by atoms with van der Waals surface area (Å²) < 4.78 is 5.32. The van der Waals surface area contributed by atoms with E-state index in [1.807, 2.05) is 0 Å². The monoisotopic (exact) mass is 278 g/mol. The van der Waals surface area contributed by atoms with Gasteiger partial charge in [0.2, 0.25) is 5.89 Å². The molecule has 1 aromatic rings. The molecule has 20 heavy (non-hydrogen) atoms. The first-order valence-corrected chi connectivity index (χ1v) is 7.65. The van der Waals surface area contributed by atoms with Crippen molar-refractivity contribution in [1.82, 2.24) is 10.1 Å². The number of aromatic nitrogens is 2. The van der Waals surface area contributed by atoms with Gasteiger partial charge in [0.1, 0.15) is 0 Å². The SMILES string of the molecule is CC1CCC(c2noc(CC3(C(=O)O)CCCC3)n2)C1. The fourth-order valence-corrected chi connectivity index (χ4v) is 3.75. The molecule has 2 aliphatic carbocycles. The lowest BCUT2D eigenvalue weighted by Crippen LogP contribution is -2.30. The number of carbonyl (C=O) groups is 1. The van der Waals surface area contributed by atoms with Gasteiger partial charge in [0.15, 0.2) is 5.82 Å². The molecule has 2 aliphatic rings. The fraction of sp³-hybridized carbons (Fsp3) is 0.800. The maximum Gasteiger partial charge on any atom is 0.310 e. The molecule has 1 aromatic heterocycles. The smallest absolute Gasteiger partial charge is 0.310 e. The van der Waals surface area contributed by atoms with Crippen LogP contribution in [0.1, 0.15) is 69.5 Å². The molecule has 0 saturated heterocycles. The summed E-state index contributed by atoms with van der Waals surface area (Å²) in [6, 6.07) is 0. The molecule has 110 valence electrons. The normalized spacial score (nSPS) is 28.9. The maximum absolute atomic E-state index is 11.5. The van der Waals surface area contributed by atoms with Crippen molar-refractivity contribution in [2.24, 2.45) is 11.3 Å². The zero-order valence-electron chi connectivity index (χ0n) is 12.0. The minimum atomic E-state index is -0.718. The van der Waals surface area contributed by atoms with E-state index in [1.54, 1.807) is 0 Å². The highest BCUT2D eigenvalue weighted by Gasteiger charge is 2.43.